The van der Waals surface area contributed by atoms with Gasteiger partial charge in [-0.2, -0.15) is 4.98 Å². The van der Waals surface area contributed by atoms with Gasteiger partial charge in [0.25, 0.3) is 0 Å². The van der Waals surface area contributed by atoms with E-state index in [0.717, 1.165) is 18.4 Å². The van der Waals surface area contributed by atoms with E-state index in [4.69, 9.17) is 0 Å². The van der Waals surface area contributed by atoms with Gasteiger partial charge in [0.05, 0.1) is 29.1 Å². The number of halogens is 3. The van der Waals surface area contributed by atoms with Crippen molar-refractivity contribution in [3.63, 3.8) is 0 Å². The normalized spacial score (nSPS) is 14.8. The molecule has 3 bridgehead atoms. The van der Waals surface area contributed by atoms with Crippen LogP contribution in [0.25, 0.3) is 34.3 Å². The lowest BCUT2D eigenvalue weighted by Crippen LogP contribution is -2.11. The molecule has 0 amide bonds. The quantitative estimate of drug-likeness (QED) is 0.466. The molecule has 1 aliphatic heterocycles. The molecule has 0 unspecified atom stereocenters. The molecule has 0 aliphatic carbocycles. The molecule has 142 valence electrons. The van der Waals surface area contributed by atoms with Crippen molar-refractivity contribution in [3.05, 3.63) is 81.4 Å². The maximum Gasteiger partial charge on any atom is 0.232 e. The fourth-order valence-electron chi connectivity index (χ4n) is 4.18. The number of hydrogen-bond donors (Lipinski definition) is 1. The highest BCUT2D eigenvalue weighted by atomic mass is 19.1. The number of aliphatic hydroxyl groups is 1. The summed E-state index contributed by atoms with van der Waals surface area (Å²) in [5.74, 6) is -1.64. The molecule has 0 radical (unpaired) electrons. The van der Waals surface area contributed by atoms with Crippen LogP contribution in [0.5, 0.6) is 0 Å². The van der Waals surface area contributed by atoms with E-state index in [1.54, 1.807) is 0 Å². The van der Waals surface area contributed by atoms with Gasteiger partial charge in [0.1, 0.15) is 23.1 Å². The van der Waals surface area contributed by atoms with Crippen LogP contribution in [-0.2, 0) is 6.54 Å². The molecule has 0 saturated heterocycles. The predicted octanol–water partition coefficient (Wildman–Crippen LogP) is 3.46. The molecule has 1 aliphatic rings. The third-order valence-electron chi connectivity index (χ3n) is 5.36. The minimum Gasteiger partial charge on any atom is -0.515 e. The lowest BCUT2D eigenvalue weighted by atomic mass is 10.1. The number of aliphatic hydroxyl groups excluding tert-OH is 1. The van der Waals surface area contributed by atoms with Gasteiger partial charge >= 0.3 is 0 Å². The van der Waals surface area contributed by atoms with E-state index in [1.807, 2.05) is 10.8 Å². The molecule has 6 rings (SSSR count). The zero-order valence-corrected chi connectivity index (χ0v) is 14.7. The Labute approximate surface area is 160 Å². The van der Waals surface area contributed by atoms with Crippen LogP contribution in [0.15, 0.2) is 42.6 Å². The third-order valence-corrected chi connectivity index (χ3v) is 5.36. The van der Waals surface area contributed by atoms with E-state index < -0.39 is 17.5 Å². The molecule has 1 N–H and O–H groups in total. The van der Waals surface area contributed by atoms with Crippen molar-refractivity contribution in [1.82, 2.24) is 19.1 Å². The fourth-order valence-corrected chi connectivity index (χ4v) is 4.18. The molecule has 5 nitrogen and oxygen atoms in total. The van der Waals surface area contributed by atoms with Crippen LogP contribution in [0.3, 0.4) is 0 Å². The van der Waals surface area contributed by atoms with Crippen molar-refractivity contribution >= 4 is 28.6 Å². The van der Waals surface area contributed by atoms with Gasteiger partial charge in [-0.3, -0.25) is 4.57 Å². The van der Waals surface area contributed by atoms with E-state index in [0.29, 0.717) is 50.2 Å². The summed E-state index contributed by atoms with van der Waals surface area (Å²) in [4.78, 5) is 8.93. The number of benzene rings is 2. The molecule has 29 heavy (non-hydrogen) atoms. The monoisotopic (exact) mass is 392 g/mol. The molecule has 0 spiro atoms. The van der Waals surface area contributed by atoms with Gasteiger partial charge in [0.15, 0.2) is 5.65 Å². The minimum absolute atomic E-state index is 0.305. The molecular formula is C21H11F3N4O. The Morgan fingerprint density at radius 1 is 1.03 bits per heavy atom. The summed E-state index contributed by atoms with van der Waals surface area (Å²) >= 11 is 0. The summed E-state index contributed by atoms with van der Waals surface area (Å²) in [5.41, 5.74) is 1.39. The predicted molar refractivity (Wildman–Crippen MR) is 99.8 cm³/mol. The highest BCUT2D eigenvalue weighted by Crippen LogP contribution is 2.35. The number of imidazole rings is 1. The van der Waals surface area contributed by atoms with E-state index >= 15 is 0 Å². The van der Waals surface area contributed by atoms with Crippen LogP contribution in [0.4, 0.5) is 13.2 Å². The molecular weight excluding hydrogens is 381 g/mol. The average Bonchev–Trinajstić information content (AvgIpc) is 3.09. The maximum absolute atomic E-state index is 14.8. The Morgan fingerprint density at radius 2 is 1.83 bits per heavy atom. The van der Waals surface area contributed by atoms with Crippen molar-refractivity contribution in [3.8, 4) is 5.69 Å². The lowest BCUT2D eigenvalue weighted by Gasteiger charge is -2.11. The first kappa shape index (κ1) is 16.2. The molecule has 0 saturated carbocycles. The lowest BCUT2D eigenvalue weighted by molar-refractivity contribution is 0.539. The smallest absolute Gasteiger partial charge is 0.232 e. The summed E-state index contributed by atoms with van der Waals surface area (Å²) in [6, 6.07) is 7.45. The zero-order chi connectivity index (χ0) is 19.9. The highest BCUT2D eigenvalue weighted by Gasteiger charge is 2.27. The van der Waals surface area contributed by atoms with Crippen LogP contribution in [0.2, 0.25) is 0 Å². The minimum atomic E-state index is -0.775. The average molecular weight is 392 g/mol. The SMILES string of the molecule is OC=c1ccc(F)cc1=c1c2c3c4cn(c(n4)nc3n1-c1c(F)cccc1F)C2. The molecule has 0 fully saturated rings. The number of fused-ring (bicyclic) bond motifs is 3. The molecule has 3 aromatic heterocycles. The molecule has 2 aromatic carbocycles. The van der Waals surface area contributed by atoms with Crippen molar-refractivity contribution in [1.29, 1.82) is 0 Å². The van der Waals surface area contributed by atoms with Crippen molar-refractivity contribution in [2.24, 2.45) is 0 Å². The van der Waals surface area contributed by atoms with E-state index in [1.165, 1.54) is 28.8 Å². The summed E-state index contributed by atoms with van der Waals surface area (Å²) in [7, 11) is 0. The van der Waals surface area contributed by atoms with Crippen molar-refractivity contribution < 1.29 is 18.3 Å². The molecule has 8 heteroatoms. The van der Waals surface area contributed by atoms with E-state index in [9.17, 15) is 18.3 Å². The molecule has 0 atom stereocenters. The third kappa shape index (κ3) is 2.00. The van der Waals surface area contributed by atoms with Crippen LogP contribution in [-0.4, -0.2) is 24.2 Å². The summed E-state index contributed by atoms with van der Waals surface area (Å²) in [6.07, 6.45) is 2.67. The highest BCUT2D eigenvalue weighted by molar-refractivity contribution is 5.99. The van der Waals surface area contributed by atoms with Gasteiger partial charge in [-0.1, -0.05) is 6.07 Å². The largest absolute Gasteiger partial charge is 0.515 e. The van der Waals surface area contributed by atoms with Crippen LogP contribution < -0.4 is 5.22 Å². The summed E-state index contributed by atoms with van der Waals surface area (Å²) in [5, 5.41) is 11.4. The van der Waals surface area contributed by atoms with E-state index in [2.05, 4.69) is 9.97 Å². The first-order chi connectivity index (χ1) is 14.1. The van der Waals surface area contributed by atoms with Crippen molar-refractivity contribution in [2.75, 3.05) is 0 Å². The number of hydrogen-bond acceptors (Lipinski definition) is 3. The summed E-state index contributed by atoms with van der Waals surface area (Å²) < 4.78 is 47.0. The Hall–Kier alpha value is -3.81. The molecule has 4 heterocycles. The van der Waals surface area contributed by atoms with Gasteiger partial charge in [-0.15, -0.1) is 0 Å². The number of aromatic nitrogens is 4. The Bertz CT molecular complexity index is 1610. The maximum atomic E-state index is 14.8. The first-order valence-corrected chi connectivity index (χ1v) is 8.85. The van der Waals surface area contributed by atoms with Crippen LogP contribution >= 0.6 is 0 Å². The Morgan fingerprint density at radius 3 is 2.59 bits per heavy atom. The molecule has 5 aromatic rings. The van der Waals surface area contributed by atoms with Gasteiger partial charge in [0.2, 0.25) is 5.78 Å². The number of rotatable bonds is 1. The number of nitrogens with zero attached hydrogens (tertiary/aromatic N) is 4. The van der Waals surface area contributed by atoms with Gasteiger partial charge in [-0.05, 0) is 30.3 Å². The van der Waals surface area contributed by atoms with Crippen LogP contribution in [0.1, 0.15) is 5.56 Å². The van der Waals surface area contributed by atoms with Gasteiger partial charge < -0.3 is 9.67 Å². The van der Waals surface area contributed by atoms with Crippen molar-refractivity contribution in [2.45, 2.75) is 6.54 Å². The van der Waals surface area contributed by atoms with Gasteiger partial charge in [-0.25, -0.2) is 18.2 Å². The Kier molecular flexibility index (Phi) is 3.00. The van der Waals surface area contributed by atoms with Gasteiger partial charge in [0, 0.05) is 22.2 Å². The number of para-hydroxylation sites is 1. The standard InChI is InChI=1S/C21H11F3N4O/c22-11-5-4-10(9-29)12(6-11)18-13-7-27-8-16-17(13)20(26-21(27)25-16)28(18)19-14(23)2-1-3-15(19)24/h1-6,8-9,29H,7H2. The van der Waals surface area contributed by atoms with E-state index in [-0.39, 0.29) is 5.69 Å². The Balaban J connectivity index is 2.01. The zero-order valence-electron chi connectivity index (χ0n) is 14.7. The van der Waals surface area contributed by atoms with Crippen LogP contribution in [0, 0.1) is 28.0 Å². The topological polar surface area (TPSA) is 55.9 Å². The second-order valence-electron chi connectivity index (χ2n) is 6.96. The second-order valence-corrected chi connectivity index (χ2v) is 6.96. The first-order valence-electron chi connectivity index (χ1n) is 8.85. The second kappa shape index (κ2) is 5.38. The fraction of sp³-hybridized carbons (Fsp3) is 0.0476. The summed E-state index contributed by atoms with van der Waals surface area (Å²) in [6.45, 7) is 0.369.